The minimum Gasteiger partial charge on any atom is -0.467 e. The van der Waals surface area contributed by atoms with Gasteiger partial charge >= 0.3 is 0 Å². The minimum atomic E-state index is -3.92. The highest BCUT2D eigenvalue weighted by atomic mass is 32.2. The number of furan rings is 1. The van der Waals surface area contributed by atoms with Crippen LogP contribution in [-0.2, 0) is 10.0 Å². The van der Waals surface area contributed by atoms with Gasteiger partial charge in [0.2, 0.25) is 10.0 Å². The number of rotatable bonds is 5. The van der Waals surface area contributed by atoms with Crippen LogP contribution in [-0.4, -0.2) is 30.4 Å². The van der Waals surface area contributed by atoms with E-state index >= 15 is 0 Å². The van der Waals surface area contributed by atoms with Crippen molar-refractivity contribution in [2.45, 2.75) is 36.3 Å². The summed E-state index contributed by atoms with van der Waals surface area (Å²) in [5.74, 6) is -0.357. The van der Waals surface area contributed by atoms with E-state index < -0.39 is 21.9 Å². The van der Waals surface area contributed by atoms with Gasteiger partial charge in [0.05, 0.1) is 6.26 Å². The first-order valence-corrected chi connectivity index (χ1v) is 8.92. The Balaban J connectivity index is 1.82. The van der Waals surface area contributed by atoms with Crippen LogP contribution in [0.2, 0.25) is 0 Å². The van der Waals surface area contributed by atoms with Crippen LogP contribution in [0.25, 0.3) is 0 Å². The quantitative estimate of drug-likeness (QED) is 0.909. The van der Waals surface area contributed by atoms with E-state index in [0.717, 1.165) is 6.07 Å². The molecule has 124 valence electrons. The third-order valence-electron chi connectivity index (χ3n) is 4.11. The van der Waals surface area contributed by atoms with Crippen LogP contribution in [0.15, 0.2) is 52.0 Å². The number of sulfonamides is 1. The van der Waals surface area contributed by atoms with E-state index in [9.17, 15) is 17.9 Å². The molecular weight excluding hydrogens is 321 g/mol. The number of halogens is 1. The second kappa shape index (κ2) is 6.43. The van der Waals surface area contributed by atoms with Crippen molar-refractivity contribution < 1.29 is 22.3 Å². The van der Waals surface area contributed by atoms with Gasteiger partial charge in [-0.3, -0.25) is 0 Å². The van der Waals surface area contributed by atoms with Crippen molar-refractivity contribution in [1.82, 2.24) is 4.31 Å². The number of hydrogen-bond acceptors (Lipinski definition) is 4. The Bertz CT molecular complexity index is 760. The van der Waals surface area contributed by atoms with E-state index in [1.54, 1.807) is 12.1 Å². The summed E-state index contributed by atoms with van der Waals surface area (Å²) in [6.07, 6.45) is 2.11. The van der Waals surface area contributed by atoms with E-state index in [1.807, 2.05) is 0 Å². The summed E-state index contributed by atoms with van der Waals surface area (Å²) in [5.41, 5.74) is 0. The predicted molar refractivity (Wildman–Crippen MR) is 81.6 cm³/mol. The standard InChI is InChI=1S/C16H18FNO4S/c17-13-6-1-2-8-16(13)23(20,21)18-9-3-5-12(18)11-14(19)15-7-4-10-22-15/h1-2,4,6-8,10,12,14,19H,3,5,9,11H2. The fourth-order valence-corrected chi connectivity index (χ4v) is 4.77. The highest BCUT2D eigenvalue weighted by Gasteiger charge is 2.37. The summed E-state index contributed by atoms with van der Waals surface area (Å²) in [6.45, 7) is 0.326. The lowest BCUT2D eigenvalue weighted by Crippen LogP contribution is -2.36. The van der Waals surface area contributed by atoms with E-state index in [4.69, 9.17) is 4.42 Å². The van der Waals surface area contributed by atoms with Gasteiger partial charge in [-0.05, 0) is 43.5 Å². The second-order valence-corrected chi connectivity index (χ2v) is 7.47. The highest BCUT2D eigenvalue weighted by molar-refractivity contribution is 7.89. The lowest BCUT2D eigenvalue weighted by atomic mass is 10.1. The molecule has 0 aliphatic carbocycles. The molecule has 1 N–H and O–H groups in total. The van der Waals surface area contributed by atoms with Crippen LogP contribution in [0.4, 0.5) is 4.39 Å². The molecule has 1 aliphatic rings. The molecular formula is C16H18FNO4S. The number of benzene rings is 1. The predicted octanol–water partition coefficient (Wildman–Crippen LogP) is 2.70. The van der Waals surface area contributed by atoms with Gasteiger partial charge in [0.1, 0.15) is 22.6 Å². The molecule has 2 unspecified atom stereocenters. The zero-order valence-corrected chi connectivity index (χ0v) is 13.2. The van der Waals surface area contributed by atoms with E-state index in [0.29, 0.717) is 25.1 Å². The SMILES string of the molecule is O=S(=O)(c1ccccc1F)N1CCCC1CC(O)c1ccco1. The Morgan fingerprint density at radius 2 is 2.09 bits per heavy atom. The molecule has 1 aromatic carbocycles. The van der Waals surface area contributed by atoms with Gasteiger partial charge < -0.3 is 9.52 Å². The first-order chi connectivity index (χ1) is 11.0. The molecule has 0 spiro atoms. The van der Waals surface area contributed by atoms with Gasteiger partial charge in [-0.2, -0.15) is 4.31 Å². The summed E-state index contributed by atoms with van der Waals surface area (Å²) in [7, 11) is -3.92. The summed E-state index contributed by atoms with van der Waals surface area (Å²) in [5, 5.41) is 10.2. The van der Waals surface area contributed by atoms with Crippen molar-refractivity contribution in [2.75, 3.05) is 6.54 Å². The third kappa shape index (κ3) is 3.17. The van der Waals surface area contributed by atoms with Crippen LogP contribution < -0.4 is 0 Å². The molecule has 0 radical (unpaired) electrons. The second-order valence-electron chi connectivity index (χ2n) is 5.61. The maximum absolute atomic E-state index is 13.9. The number of nitrogens with zero attached hydrogens (tertiary/aromatic N) is 1. The normalized spacial score (nSPS) is 20.7. The fraction of sp³-hybridized carbons (Fsp3) is 0.375. The summed E-state index contributed by atoms with van der Waals surface area (Å²) >= 11 is 0. The highest BCUT2D eigenvalue weighted by Crippen LogP contribution is 2.32. The summed E-state index contributed by atoms with van der Waals surface area (Å²) < 4.78 is 45.8. The smallest absolute Gasteiger partial charge is 0.246 e. The average molecular weight is 339 g/mol. The van der Waals surface area contributed by atoms with Crippen LogP contribution in [0.5, 0.6) is 0 Å². The van der Waals surface area contributed by atoms with E-state index in [2.05, 4.69) is 0 Å². The molecule has 3 rings (SSSR count). The molecule has 2 atom stereocenters. The fourth-order valence-electron chi connectivity index (χ4n) is 3.00. The Hall–Kier alpha value is -1.70. The Kier molecular flexibility index (Phi) is 4.52. The Labute approximate surface area is 134 Å². The molecule has 0 saturated carbocycles. The Morgan fingerprint density at radius 3 is 2.78 bits per heavy atom. The maximum atomic E-state index is 13.9. The zero-order valence-electron chi connectivity index (χ0n) is 12.4. The molecule has 1 aliphatic heterocycles. The van der Waals surface area contributed by atoms with Crippen LogP contribution in [0.3, 0.4) is 0 Å². The van der Waals surface area contributed by atoms with Gasteiger partial charge in [-0.25, -0.2) is 12.8 Å². The van der Waals surface area contributed by atoms with Crippen molar-refractivity contribution in [1.29, 1.82) is 0 Å². The number of aliphatic hydroxyl groups is 1. The van der Waals surface area contributed by atoms with Crippen LogP contribution in [0.1, 0.15) is 31.1 Å². The van der Waals surface area contributed by atoms with Crippen molar-refractivity contribution in [2.24, 2.45) is 0 Å². The zero-order chi connectivity index (χ0) is 16.4. The molecule has 23 heavy (non-hydrogen) atoms. The molecule has 1 aromatic heterocycles. The van der Waals surface area contributed by atoms with Crippen molar-refractivity contribution in [3.63, 3.8) is 0 Å². The molecule has 0 bridgehead atoms. The molecule has 1 saturated heterocycles. The largest absolute Gasteiger partial charge is 0.467 e. The number of hydrogen-bond donors (Lipinski definition) is 1. The van der Waals surface area contributed by atoms with Gasteiger partial charge in [-0.15, -0.1) is 0 Å². The number of aliphatic hydroxyl groups excluding tert-OH is 1. The first-order valence-electron chi connectivity index (χ1n) is 7.48. The van der Waals surface area contributed by atoms with Crippen molar-refractivity contribution in [3.05, 3.63) is 54.2 Å². The topological polar surface area (TPSA) is 70.8 Å². The molecule has 1 fully saturated rings. The lowest BCUT2D eigenvalue weighted by Gasteiger charge is -2.25. The van der Waals surface area contributed by atoms with Gasteiger partial charge in [-0.1, -0.05) is 12.1 Å². The van der Waals surface area contributed by atoms with Gasteiger partial charge in [0, 0.05) is 12.6 Å². The average Bonchev–Trinajstić information content (AvgIpc) is 3.19. The summed E-state index contributed by atoms with van der Waals surface area (Å²) in [6, 6.07) is 8.30. The molecule has 2 heterocycles. The van der Waals surface area contributed by atoms with E-state index in [1.165, 1.54) is 28.8 Å². The lowest BCUT2D eigenvalue weighted by molar-refractivity contribution is 0.118. The molecule has 5 nitrogen and oxygen atoms in total. The minimum absolute atomic E-state index is 0.223. The maximum Gasteiger partial charge on any atom is 0.246 e. The van der Waals surface area contributed by atoms with Gasteiger partial charge in [0.15, 0.2) is 0 Å². The third-order valence-corrected chi connectivity index (χ3v) is 6.10. The Morgan fingerprint density at radius 1 is 1.30 bits per heavy atom. The summed E-state index contributed by atoms with van der Waals surface area (Å²) in [4.78, 5) is -0.320. The van der Waals surface area contributed by atoms with E-state index in [-0.39, 0.29) is 17.4 Å². The molecule has 0 amide bonds. The van der Waals surface area contributed by atoms with Crippen LogP contribution >= 0.6 is 0 Å². The monoisotopic (exact) mass is 339 g/mol. The van der Waals surface area contributed by atoms with Crippen molar-refractivity contribution >= 4 is 10.0 Å². The van der Waals surface area contributed by atoms with Crippen LogP contribution in [0, 0.1) is 5.82 Å². The van der Waals surface area contributed by atoms with Crippen molar-refractivity contribution in [3.8, 4) is 0 Å². The first kappa shape index (κ1) is 16.2. The molecule has 2 aromatic rings. The van der Waals surface area contributed by atoms with Gasteiger partial charge in [0.25, 0.3) is 0 Å². The molecule has 7 heteroatoms.